The van der Waals surface area contributed by atoms with Gasteiger partial charge in [0, 0.05) is 37.1 Å². The Morgan fingerprint density at radius 1 is 1.59 bits per heavy atom. The van der Waals surface area contributed by atoms with Crippen LogP contribution in [-0.4, -0.2) is 20.3 Å². The molecule has 1 aromatic rings. The van der Waals surface area contributed by atoms with Crippen molar-refractivity contribution in [2.75, 3.05) is 20.3 Å². The first kappa shape index (κ1) is 12.6. The summed E-state index contributed by atoms with van der Waals surface area (Å²) in [6.45, 7) is 2.80. The van der Waals surface area contributed by atoms with Crippen LogP contribution in [-0.2, 0) is 11.3 Å². The van der Waals surface area contributed by atoms with Crippen molar-refractivity contribution < 1.29 is 4.74 Å². The van der Waals surface area contributed by atoms with E-state index in [1.807, 2.05) is 11.4 Å². The minimum absolute atomic E-state index is 0.491. The molecule has 0 unspecified atom stereocenters. The van der Waals surface area contributed by atoms with Gasteiger partial charge in [-0.1, -0.05) is 0 Å². The van der Waals surface area contributed by atoms with Gasteiger partial charge in [-0.2, -0.15) is 5.26 Å². The van der Waals surface area contributed by atoms with E-state index in [9.17, 15) is 0 Å². The van der Waals surface area contributed by atoms with Crippen LogP contribution in [0, 0.1) is 16.7 Å². The molecule has 0 spiro atoms. The topological polar surface area (TPSA) is 45.0 Å². The van der Waals surface area contributed by atoms with Gasteiger partial charge < -0.3 is 10.1 Å². The van der Waals surface area contributed by atoms with Crippen molar-refractivity contribution in [1.82, 2.24) is 5.32 Å². The highest BCUT2D eigenvalue weighted by Gasteiger charge is 2.41. The van der Waals surface area contributed by atoms with Crippen molar-refractivity contribution in [1.29, 1.82) is 5.26 Å². The smallest absolute Gasteiger partial charge is 0.100 e. The maximum atomic E-state index is 8.74. The Morgan fingerprint density at radius 2 is 2.41 bits per heavy atom. The fraction of sp³-hybridized carbons (Fsp3) is 0.615. The van der Waals surface area contributed by atoms with E-state index in [1.54, 1.807) is 18.4 Å². The van der Waals surface area contributed by atoms with E-state index in [0.29, 0.717) is 5.41 Å². The molecule has 1 saturated carbocycles. The van der Waals surface area contributed by atoms with Gasteiger partial charge in [0.25, 0.3) is 0 Å². The summed E-state index contributed by atoms with van der Waals surface area (Å²) in [7, 11) is 1.76. The lowest BCUT2D eigenvalue weighted by Crippen LogP contribution is -2.24. The highest BCUT2D eigenvalue weighted by molar-refractivity contribution is 7.10. The van der Waals surface area contributed by atoms with Gasteiger partial charge in [-0.3, -0.25) is 0 Å². The van der Waals surface area contributed by atoms with Crippen LogP contribution in [0.2, 0.25) is 0 Å². The predicted octanol–water partition coefficient (Wildman–Crippen LogP) is 2.53. The molecule has 0 radical (unpaired) electrons. The Hall–Kier alpha value is -0.890. The standard InChI is InChI=1S/C13H18N2OS/c1-16-5-4-13(2-3-13)10-15-8-12-6-11(7-14)9-17-12/h6,9,15H,2-5,8,10H2,1H3. The summed E-state index contributed by atoms with van der Waals surface area (Å²) in [5.74, 6) is 0. The zero-order valence-corrected chi connectivity index (χ0v) is 11.0. The normalized spacial score (nSPS) is 16.7. The van der Waals surface area contributed by atoms with Crippen molar-refractivity contribution in [3.8, 4) is 6.07 Å². The van der Waals surface area contributed by atoms with Crippen molar-refractivity contribution in [3.63, 3.8) is 0 Å². The number of ether oxygens (including phenoxy) is 1. The van der Waals surface area contributed by atoms with Crippen LogP contribution in [0.5, 0.6) is 0 Å². The van der Waals surface area contributed by atoms with Crippen molar-refractivity contribution in [2.24, 2.45) is 5.41 Å². The Kier molecular flexibility index (Phi) is 4.16. The van der Waals surface area contributed by atoms with Crippen LogP contribution in [0.3, 0.4) is 0 Å². The number of hydrogen-bond donors (Lipinski definition) is 1. The minimum atomic E-state index is 0.491. The molecule has 0 bridgehead atoms. The summed E-state index contributed by atoms with van der Waals surface area (Å²) in [4.78, 5) is 1.24. The molecule has 0 saturated heterocycles. The molecule has 17 heavy (non-hydrogen) atoms. The van der Waals surface area contributed by atoms with Gasteiger partial charge in [-0.15, -0.1) is 11.3 Å². The third-order valence-electron chi connectivity index (χ3n) is 3.38. The molecule has 0 aliphatic heterocycles. The van der Waals surface area contributed by atoms with Gasteiger partial charge in [-0.05, 0) is 30.7 Å². The van der Waals surface area contributed by atoms with E-state index in [-0.39, 0.29) is 0 Å². The van der Waals surface area contributed by atoms with E-state index < -0.39 is 0 Å². The molecule has 2 rings (SSSR count). The van der Waals surface area contributed by atoms with Gasteiger partial charge >= 0.3 is 0 Å². The van der Waals surface area contributed by atoms with Crippen LogP contribution in [0.4, 0.5) is 0 Å². The number of rotatable bonds is 7. The molecular weight excluding hydrogens is 232 g/mol. The highest BCUT2D eigenvalue weighted by atomic mass is 32.1. The number of nitriles is 1. The molecule has 1 heterocycles. The molecule has 1 aliphatic rings. The molecule has 4 heteroatoms. The Morgan fingerprint density at radius 3 is 3.00 bits per heavy atom. The summed E-state index contributed by atoms with van der Waals surface area (Å²) in [5.41, 5.74) is 1.26. The average molecular weight is 250 g/mol. The second kappa shape index (κ2) is 5.63. The van der Waals surface area contributed by atoms with Crippen molar-refractivity contribution in [2.45, 2.75) is 25.8 Å². The maximum Gasteiger partial charge on any atom is 0.100 e. The van der Waals surface area contributed by atoms with Gasteiger partial charge in [0.1, 0.15) is 6.07 Å². The largest absolute Gasteiger partial charge is 0.385 e. The molecule has 92 valence electrons. The first-order valence-corrected chi connectivity index (χ1v) is 6.83. The van der Waals surface area contributed by atoms with Crippen LogP contribution >= 0.6 is 11.3 Å². The van der Waals surface area contributed by atoms with Gasteiger partial charge in [0.15, 0.2) is 0 Å². The third-order valence-corrected chi connectivity index (χ3v) is 4.31. The van der Waals surface area contributed by atoms with Crippen molar-refractivity contribution >= 4 is 11.3 Å². The van der Waals surface area contributed by atoms with E-state index in [2.05, 4.69) is 11.4 Å². The average Bonchev–Trinajstić information content (AvgIpc) is 2.96. The number of nitrogens with zero attached hydrogens (tertiary/aromatic N) is 1. The van der Waals surface area contributed by atoms with Gasteiger partial charge in [-0.25, -0.2) is 0 Å². The highest BCUT2D eigenvalue weighted by Crippen LogP contribution is 2.48. The van der Waals surface area contributed by atoms with Crippen LogP contribution in [0.25, 0.3) is 0 Å². The fourth-order valence-corrected chi connectivity index (χ4v) is 2.77. The lowest BCUT2D eigenvalue weighted by molar-refractivity contribution is 0.171. The van der Waals surface area contributed by atoms with E-state index in [4.69, 9.17) is 10.00 Å². The van der Waals surface area contributed by atoms with Crippen molar-refractivity contribution in [3.05, 3.63) is 21.9 Å². The second-order valence-electron chi connectivity index (χ2n) is 4.76. The number of nitrogens with one attached hydrogen (secondary N) is 1. The molecule has 0 atom stereocenters. The number of hydrogen-bond acceptors (Lipinski definition) is 4. The molecule has 1 fully saturated rings. The molecule has 1 N–H and O–H groups in total. The molecule has 1 aliphatic carbocycles. The summed E-state index contributed by atoms with van der Waals surface area (Å²) in [6.07, 6.45) is 3.79. The molecule has 3 nitrogen and oxygen atoms in total. The number of thiophene rings is 1. The lowest BCUT2D eigenvalue weighted by Gasteiger charge is -2.14. The van der Waals surface area contributed by atoms with E-state index in [1.165, 1.54) is 17.7 Å². The lowest BCUT2D eigenvalue weighted by atomic mass is 10.0. The Bertz CT molecular complexity index is 404. The van der Waals surface area contributed by atoms with Crippen LogP contribution < -0.4 is 5.32 Å². The molecular formula is C13H18N2OS. The fourth-order valence-electron chi connectivity index (χ4n) is 1.99. The third kappa shape index (κ3) is 3.53. The predicted molar refractivity (Wildman–Crippen MR) is 68.9 cm³/mol. The summed E-state index contributed by atoms with van der Waals surface area (Å²) in [5, 5.41) is 14.1. The minimum Gasteiger partial charge on any atom is -0.385 e. The zero-order chi connectivity index (χ0) is 12.1. The van der Waals surface area contributed by atoms with Crippen LogP contribution in [0.15, 0.2) is 11.4 Å². The maximum absolute atomic E-state index is 8.74. The van der Waals surface area contributed by atoms with E-state index >= 15 is 0 Å². The molecule has 0 aromatic carbocycles. The summed E-state index contributed by atoms with van der Waals surface area (Å²) >= 11 is 1.65. The Labute approximate surface area is 106 Å². The number of methoxy groups -OCH3 is 1. The summed E-state index contributed by atoms with van der Waals surface area (Å²) < 4.78 is 5.14. The first-order valence-electron chi connectivity index (χ1n) is 5.95. The monoisotopic (exact) mass is 250 g/mol. The van der Waals surface area contributed by atoms with E-state index in [0.717, 1.165) is 31.7 Å². The molecule has 1 aromatic heterocycles. The summed E-state index contributed by atoms with van der Waals surface area (Å²) in [6, 6.07) is 4.13. The Balaban J connectivity index is 1.71. The van der Waals surface area contributed by atoms with Gasteiger partial charge in [0.2, 0.25) is 0 Å². The van der Waals surface area contributed by atoms with Crippen LogP contribution in [0.1, 0.15) is 29.7 Å². The first-order chi connectivity index (χ1) is 8.28. The second-order valence-corrected chi connectivity index (χ2v) is 5.76. The quantitative estimate of drug-likeness (QED) is 0.808. The molecule has 0 amide bonds. The SMILES string of the molecule is COCCC1(CNCc2cc(C#N)cs2)CC1. The van der Waals surface area contributed by atoms with Gasteiger partial charge in [0.05, 0.1) is 5.56 Å². The zero-order valence-electron chi connectivity index (χ0n) is 10.2.